The lowest BCUT2D eigenvalue weighted by atomic mass is 9.98. The van der Waals surface area contributed by atoms with Crippen LogP contribution in [0.3, 0.4) is 0 Å². The van der Waals surface area contributed by atoms with Crippen LogP contribution in [0.25, 0.3) is 0 Å². The van der Waals surface area contributed by atoms with Crippen LogP contribution in [-0.2, 0) is 0 Å². The average molecular weight is 199 g/mol. The van der Waals surface area contributed by atoms with Gasteiger partial charge < -0.3 is 5.73 Å². The second-order valence-electron chi connectivity index (χ2n) is 3.94. The normalized spacial score (nSPS) is 13.3. The van der Waals surface area contributed by atoms with Gasteiger partial charge in [0.2, 0.25) is 0 Å². The molecule has 2 N–H and O–H groups in total. The number of rotatable bonds is 3. The van der Waals surface area contributed by atoms with E-state index in [0.29, 0.717) is 11.5 Å². The Labute approximate surface area is 82.9 Å². The van der Waals surface area contributed by atoms with E-state index in [9.17, 15) is 8.78 Å². The van der Waals surface area contributed by atoms with Crippen LogP contribution in [-0.4, -0.2) is 0 Å². The topological polar surface area (TPSA) is 26.0 Å². The van der Waals surface area contributed by atoms with Crippen LogP contribution >= 0.6 is 0 Å². The summed E-state index contributed by atoms with van der Waals surface area (Å²) < 4.78 is 25.7. The maximum atomic E-state index is 12.8. The third-order valence-corrected chi connectivity index (χ3v) is 2.04. The average Bonchev–Trinajstić information content (AvgIpc) is 2.00. The second kappa shape index (κ2) is 4.51. The summed E-state index contributed by atoms with van der Waals surface area (Å²) in [6.45, 7) is 4.05. The van der Waals surface area contributed by atoms with Gasteiger partial charge in [0.15, 0.2) is 0 Å². The Balaban J connectivity index is 2.84. The molecule has 3 heteroatoms. The van der Waals surface area contributed by atoms with E-state index in [0.717, 1.165) is 12.5 Å². The minimum atomic E-state index is -0.570. The van der Waals surface area contributed by atoms with E-state index in [4.69, 9.17) is 5.73 Å². The molecule has 0 radical (unpaired) electrons. The van der Waals surface area contributed by atoms with Gasteiger partial charge in [-0.05, 0) is 30.0 Å². The second-order valence-corrected chi connectivity index (χ2v) is 3.94. The van der Waals surface area contributed by atoms with E-state index < -0.39 is 11.6 Å². The molecule has 0 bridgehead atoms. The van der Waals surface area contributed by atoms with E-state index in [1.807, 2.05) is 13.8 Å². The number of nitrogens with two attached hydrogens (primary N) is 1. The molecule has 0 saturated carbocycles. The molecule has 14 heavy (non-hydrogen) atoms. The van der Waals surface area contributed by atoms with Gasteiger partial charge in [0.1, 0.15) is 11.6 Å². The quantitative estimate of drug-likeness (QED) is 0.795. The van der Waals surface area contributed by atoms with Crippen molar-refractivity contribution in [1.29, 1.82) is 0 Å². The molecule has 0 fully saturated rings. The first kappa shape index (κ1) is 11.1. The smallest absolute Gasteiger partial charge is 0.126 e. The molecule has 0 spiro atoms. The molecule has 0 aromatic heterocycles. The molecule has 1 aromatic carbocycles. The molecule has 0 aliphatic carbocycles. The predicted molar refractivity (Wildman–Crippen MR) is 52.7 cm³/mol. The zero-order valence-corrected chi connectivity index (χ0v) is 8.43. The molecule has 0 heterocycles. The van der Waals surface area contributed by atoms with Crippen LogP contribution in [0, 0.1) is 17.6 Å². The molecular weight excluding hydrogens is 184 g/mol. The first-order valence-corrected chi connectivity index (χ1v) is 4.70. The lowest BCUT2D eigenvalue weighted by Crippen LogP contribution is -2.13. The molecular formula is C11H15F2N. The van der Waals surface area contributed by atoms with Gasteiger partial charge in [0.05, 0.1) is 0 Å². The van der Waals surface area contributed by atoms with Gasteiger partial charge in [0.25, 0.3) is 0 Å². The first-order valence-electron chi connectivity index (χ1n) is 4.70. The SMILES string of the molecule is CC(C)C[C@H](N)c1cc(F)cc(F)c1. The van der Waals surface area contributed by atoms with E-state index in [1.54, 1.807) is 0 Å². The zero-order chi connectivity index (χ0) is 10.7. The Bertz CT molecular complexity index is 290. The third-order valence-electron chi connectivity index (χ3n) is 2.04. The Kier molecular flexibility index (Phi) is 3.58. The maximum absolute atomic E-state index is 12.8. The van der Waals surface area contributed by atoms with Gasteiger partial charge in [-0.15, -0.1) is 0 Å². The van der Waals surface area contributed by atoms with Crippen LogP contribution in [0.1, 0.15) is 31.9 Å². The molecule has 0 aliphatic heterocycles. The Morgan fingerprint density at radius 2 is 1.64 bits per heavy atom. The highest BCUT2D eigenvalue weighted by atomic mass is 19.1. The zero-order valence-electron chi connectivity index (χ0n) is 8.43. The lowest BCUT2D eigenvalue weighted by molar-refractivity contribution is 0.502. The third kappa shape index (κ3) is 3.07. The van der Waals surface area contributed by atoms with Gasteiger partial charge in [-0.3, -0.25) is 0 Å². The van der Waals surface area contributed by atoms with E-state index in [2.05, 4.69) is 0 Å². The molecule has 0 aliphatic rings. The van der Waals surface area contributed by atoms with Crippen molar-refractivity contribution in [3.63, 3.8) is 0 Å². The molecule has 1 atom stereocenters. The fourth-order valence-electron chi connectivity index (χ4n) is 1.43. The molecule has 1 aromatic rings. The number of halogens is 2. The predicted octanol–water partition coefficient (Wildman–Crippen LogP) is 3.01. The van der Waals surface area contributed by atoms with Crippen molar-refractivity contribution in [3.8, 4) is 0 Å². The van der Waals surface area contributed by atoms with Crippen molar-refractivity contribution < 1.29 is 8.78 Å². The molecule has 78 valence electrons. The summed E-state index contributed by atoms with van der Waals surface area (Å²) >= 11 is 0. The molecule has 0 unspecified atom stereocenters. The highest BCUT2D eigenvalue weighted by Crippen LogP contribution is 2.20. The summed E-state index contributed by atoms with van der Waals surface area (Å²) in [4.78, 5) is 0. The van der Waals surface area contributed by atoms with Crippen molar-refractivity contribution in [2.75, 3.05) is 0 Å². The standard InChI is InChI=1S/C11H15F2N/c1-7(2)3-11(14)8-4-9(12)6-10(13)5-8/h4-7,11H,3,14H2,1-2H3/t11-/m0/s1. The van der Waals surface area contributed by atoms with Crippen molar-refractivity contribution in [1.82, 2.24) is 0 Å². The van der Waals surface area contributed by atoms with Crippen LogP contribution in [0.5, 0.6) is 0 Å². The molecule has 1 rings (SSSR count). The van der Waals surface area contributed by atoms with Gasteiger partial charge in [-0.25, -0.2) is 8.78 Å². The molecule has 0 amide bonds. The minimum Gasteiger partial charge on any atom is -0.324 e. The first-order chi connectivity index (χ1) is 6.49. The number of hydrogen-bond donors (Lipinski definition) is 1. The maximum Gasteiger partial charge on any atom is 0.126 e. The summed E-state index contributed by atoms with van der Waals surface area (Å²) in [5.74, 6) is -0.727. The molecule has 0 saturated heterocycles. The van der Waals surface area contributed by atoms with Crippen molar-refractivity contribution in [3.05, 3.63) is 35.4 Å². The van der Waals surface area contributed by atoms with E-state index in [1.165, 1.54) is 12.1 Å². The van der Waals surface area contributed by atoms with Gasteiger partial charge >= 0.3 is 0 Å². The monoisotopic (exact) mass is 199 g/mol. The number of benzene rings is 1. The van der Waals surface area contributed by atoms with Crippen molar-refractivity contribution >= 4 is 0 Å². The summed E-state index contributed by atoms with van der Waals surface area (Å²) in [5.41, 5.74) is 6.32. The highest BCUT2D eigenvalue weighted by Gasteiger charge is 2.10. The Morgan fingerprint density at radius 3 is 2.07 bits per heavy atom. The largest absolute Gasteiger partial charge is 0.324 e. The lowest BCUT2D eigenvalue weighted by Gasteiger charge is -2.14. The fraction of sp³-hybridized carbons (Fsp3) is 0.455. The Morgan fingerprint density at radius 1 is 1.14 bits per heavy atom. The summed E-state index contributed by atoms with van der Waals surface area (Å²) in [5, 5.41) is 0. The Hall–Kier alpha value is -0.960. The minimum absolute atomic E-state index is 0.291. The summed E-state index contributed by atoms with van der Waals surface area (Å²) in [6.07, 6.45) is 0.725. The van der Waals surface area contributed by atoms with Gasteiger partial charge in [-0.1, -0.05) is 13.8 Å². The van der Waals surface area contributed by atoms with Crippen LogP contribution < -0.4 is 5.73 Å². The summed E-state index contributed by atoms with van der Waals surface area (Å²) in [6, 6.07) is 3.14. The molecule has 1 nitrogen and oxygen atoms in total. The van der Waals surface area contributed by atoms with Gasteiger partial charge in [-0.2, -0.15) is 0 Å². The van der Waals surface area contributed by atoms with Crippen molar-refractivity contribution in [2.24, 2.45) is 11.7 Å². The van der Waals surface area contributed by atoms with Crippen molar-refractivity contribution in [2.45, 2.75) is 26.3 Å². The van der Waals surface area contributed by atoms with Crippen LogP contribution in [0.15, 0.2) is 18.2 Å². The fourth-order valence-corrected chi connectivity index (χ4v) is 1.43. The van der Waals surface area contributed by atoms with E-state index in [-0.39, 0.29) is 6.04 Å². The van der Waals surface area contributed by atoms with Gasteiger partial charge in [0, 0.05) is 12.1 Å². The highest BCUT2D eigenvalue weighted by molar-refractivity contribution is 5.21. The van der Waals surface area contributed by atoms with E-state index >= 15 is 0 Å². The van der Waals surface area contributed by atoms with Crippen LogP contribution in [0.2, 0.25) is 0 Å². The van der Waals surface area contributed by atoms with Crippen LogP contribution in [0.4, 0.5) is 8.78 Å². The summed E-state index contributed by atoms with van der Waals surface area (Å²) in [7, 11) is 0. The number of hydrogen-bond acceptors (Lipinski definition) is 1.